The Kier molecular flexibility index (Phi) is 5.08. The maximum atomic E-state index is 5.97. The van der Waals surface area contributed by atoms with E-state index in [0.29, 0.717) is 0 Å². The van der Waals surface area contributed by atoms with Crippen LogP contribution in [0.4, 0.5) is 0 Å². The van der Waals surface area contributed by atoms with Crippen LogP contribution < -0.4 is 0 Å². The van der Waals surface area contributed by atoms with Gasteiger partial charge in [0.2, 0.25) is 0 Å². The second-order valence-corrected chi connectivity index (χ2v) is 6.73. The Morgan fingerprint density at radius 3 is 2.22 bits per heavy atom. The van der Waals surface area contributed by atoms with Crippen molar-refractivity contribution in [2.75, 3.05) is 20.3 Å². The van der Waals surface area contributed by atoms with E-state index < -0.39 is 0 Å². The van der Waals surface area contributed by atoms with Crippen LogP contribution in [0, 0.1) is 17.8 Å². The molecule has 18 heavy (non-hydrogen) atoms. The molecule has 0 radical (unpaired) electrons. The highest BCUT2D eigenvalue weighted by Gasteiger charge is 2.38. The zero-order valence-electron chi connectivity index (χ0n) is 12.4. The van der Waals surface area contributed by atoms with Crippen LogP contribution in [0.1, 0.15) is 58.8 Å². The highest BCUT2D eigenvalue weighted by Crippen LogP contribution is 2.42. The molecule has 106 valence electrons. The van der Waals surface area contributed by atoms with Gasteiger partial charge >= 0.3 is 0 Å². The molecule has 0 bridgehead atoms. The SMILES string of the molecule is COC1(CC2CCOCC2)CCC(C(C)C)CC1. The minimum absolute atomic E-state index is 0.188. The molecule has 0 aromatic carbocycles. The van der Waals surface area contributed by atoms with Gasteiger partial charge in [0.05, 0.1) is 5.60 Å². The fourth-order valence-electron chi connectivity index (χ4n) is 3.80. The van der Waals surface area contributed by atoms with Gasteiger partial charge in [0.25, 0.3) is 0 Å². The van der Waals surface area contributed by atoms with Crippen LogP contribution in [0.25, 0.3) is 0 Å². The van der Waals surface area contributed by atoms with Gasteiger partial charge in [0.15, 0.2) is 0 Å². The minimum Gasteiger partial charge on any atom is -0.381 e. The molecule has 0 amide bonds. The van der Waals surface area contributed by atoms with Gasteiger partial charge in [-0.05, 0) is 62.7 Å². The maximum Gasteiger partial charge on any atom is 0.0681 e. The third-order valence-corrected chi connectivity index (χ3v) is 5.32. The summed E-state index contributed by atoms with van der Waals surface area (Å²) >= 11 is 0. The highest BCUT2D eigenvalue weighted by atomic mass is 16.5. The number of hydrogen-bond donors (Lipinski definition) is 0. The van der Waals surface area contributed by atoms with Crippen molar-refractivity contribution in [3.05, 3.63) is 0 Å². The molecule has 1 saturated carbocycles. The van der Waals surface area contributed by atoms with Gasteiger partial charge < -0.3 is 9.47 Å². The largest absolute Gasteiger partial charge is 0.381 e. The maximum absolute atomic E-state index is 5.97. The lowest BCUT2D eigenvalue weighted by Gasteiger charge is -2.42. The molecule has 2 rings (SSSR count). The smallest absolute Gasteiger partial charge is 0.0681 e. The molecule has 1 heterocycles. The first-order valence-electron chi connectivity index (χ1n) is 7.78. The molecule has 0 atom stereocenters. The standard InChI is InChI=1S/C16H30O2/c1-13(2)15-4-8-16(17-3,9-5-15)12-14-6-10-18-11-7-14/h13-15H,4-12H2,1-3H3. The van der Waals surface area contributed by atoms with Gasteiger partial charge in [-0.3, -0.25) is 0 Å². The van der Waals surface area contributed by atoms with Crippen molar-refractivity contribution in [2.24, 2.45) is 17.8 Å². The molecule has 0 N–H and O–H groups in total. The molecule has 0 aromatic rings. The second-order valence-electron chi connectivity index (χ2n) is 6.73. The third-order valence-electron chi connectivity index (χ3n) is 5.32. The van der Waals surface area contributed by atoms with Gasteiger partial charge in [-0.25, -0.2) is 0 Å². The van der Waals surface area contributed by atoms with E-state index in [4.69, 9.17) is 9.47 Å². The van der Waals surface area contributed by atoms with Crippen molar-refractivity contribution in [1.29, 1.82) is 0 Å². The van der Waals surface area contributed by atoms with E-state index in [1.165, 1.54) is 44.9 Å². The van der Waals surface area contributed by atoms with Crippen molar-refractivity contribution in [2.45, 2.75) is 64.4 Å². The Hall–Kier alpha value is -0.0800. The van der Waals surface area contributed by atoms with Crippen LogP contribution in [0.3, 0.4) is 0 Å². The van der Waals surface area contributed by atoms with Gasteiger partial charge in [-0.15, -0.1) is 0 Å². The highest BCUT2D eigenvalue weighted by molar-refractivity contribution is 4.90. The Bertz CT molecular complexity index is 235. The van der Waals surface area contributed by atoms with E-state index in [2.05, 4.69) is 13.8 Å². The Morgan fingerprint density at radius 2 is 1.72 bits per heavy atom. The predicted molar refractivity (Wildman–Crippen MR) is 74.7 cm³/mol. The summed E-state index contributed by atoms with van der Waals surface area (Å²) in [5, 5.41) is 0. The van der Waals surface area contributed by atoms with E-state index >= 15 is 0 Å². The van der Waals surface area contributed by atoms with E-state index in [1.807, 2.05) is 7.11 Å². The van der Waals surface area contributed by atoms with E-state index in [1.54, 1.807) is 0 Å². The van der Waals surface area contributed by atoms with E-state index in [9.17, 15) is 0 Å². The quantitative estimate of drug-likeness (QED) is 0.754. The molecule has 1 aliphatic carbocycles. The fourth-order valence-corrected chi connectivity index (χ4v) is 3.80. The summed E-state index contributed by atoms with van der Waals surface area (Å²) in [7, 11) is 1.93. The average Bonchev–Trinajstić information content (AvgIpc) is 2.40. The van der Waals surface area contributed by atoms with Crippen LogP contribution in [0.15, 0.2) is 0 Å². The first-order valence-corrected chi connectivity index (χ1v) is 7.78. The van der Waals surface area contributed by atoms with Crippen LogP contribution in [0.5, 0.6) is 0 Å². The van der Waals surface area contributed by atoms with Crippen molar-refractivity contribution in [3.63, 3.8) is 0 Å². The van der Waals surface area contributed by atoms with Crippen molar-refractivity contribution >= 4 is 0 Å². The summed E-state index contributed by atoms with van der Waals surface area (Å²) in [5.41, 5.74) is 0.188. The molecular weight excluding hydrogens is 224 g/mol. The number of methoxy groups -OCH3 is 1. The number of ether oxygens (including phenoxy) is 2. The average molecular weight is 254 g/mol. The van der Waals surface area contributed by atoms with Crippen molar-refractivity contribution in [3.8, 4) is 0 Å². The molecule has 0 spiro atoms. The summed E-state index contributed by atoms with van der Waals surface area (Å²) < 4.78 is 11.4. The molecular formula is C16H30O2. The summed E-state index contributed by atoms with van der Waals surface area (Å²) in [6.45, 7) is 6.64. The van der Waals surface area contributed by atoms with Crippen LogP contribution in [-0.2, 0) is 9.47 Å². The van der Waals surface area contributed by atoms with Crippen molar-refractivity contribution in [1.82, 2.24) is 0 Å². The van der Waals surface area contributed by atoms with Crippen LogP contribution in [-0.4, -0.2) is 25.9 Å². The minimum atomic E-state index is 0.188. The molecule has 1 aliphatic heterocycles. The molecule has 2 nitrogen and oxygen atoms in total. The summed E-state index contributed by atoms with van der Waals surface area (Å²) in [6.07, 6.45) is 8.98. The topological polar surface area (TPSA) is 18.5 Å². The monoisotopic (exact) mass is 254 g/mol. The Labute approximate surface area is 112 Å². The molecule has 1 saturated heterocycles. The summed E-state index contributed by atoms with van der Waals surface area (Å²) in [5.74, 6) is 2.58. The molecule has 0 aromatic heterocycles. The summed E-state index contributed by atoms with van der Waals surface area (Å²) in [4.78, 5) is 0. The lowest BCUT2D eigenvalue weighted by Crippen LogP contribution is -2.40. The summed E-state index contributed by atoms with van der Waals surface area (Å²) in [6, 6.07) is 0. The van der Waals surface area contributed by atoms with E-state index in [0.717, 1.165) is 31.0 Å². The number of hydrogen-bond acceptors (Lipinski definition) is 2. The zero-order chi connectivity index (χ0) is 13.0. The Morgan fingerprint density at radius 1 is 1.11 bits per heavy atom. The molecule has 2 aliphatic rings. The third kappa shape index (κ3) is 3.48. The molecule has 2 heteroatoms. The van der Waals surface area contributed by atoms with Gasteiger partial charge in [-0.1, -0.05) is 13.8 Å². The zero-order valence-corrected chi connectivity index (χ0v) is 12.4. The Balaban J connectivity index is 1.87. The predicted octanol–water partition coefficient (Wildman–Crippen LogP) is 4.03. The fraction of sp³-hybridized carbons (Fsp3) is 1.00. The first kappa shape index (κ1) is 14.3. The van der Waals surface area contributed by atoms with Crippen LogP contribution in [0.2, 0.25) is 0 Å². The van der Waals surface area contributed by atoms with Crippen LogP contribution >= 0.6 is 0 Å². The van der Waals surface area contributed by atoms with E-state index in [-0.39, 0.29) is 5.60 Å². The number of rotatable bonds is 4. The second kappa shape index (κ2) is 6.38. The van der Waals surface area contributed by atoms with Gasteiger partial charge in [0, 0.05) is 20.3 Å². The molecule has 0 unspecified atom stereocenters. The molecule has 2 fully saturated rings. The van der Waals surface area contributed by atoms with Gasteiger partial charge in [-0.2, -0.15) is 0 Å². The first-order chi connectivity index (χ1) is 8.65. The lowest BCUT2D eigenvalue weighted by atomic mass is 9.70. The van der Waals surface area contributed by atoms with Gasteiger partial charge in [0.1, 0.15) is 0 Å². The lowest BCUT2D eigenvalue weighted by molar-refractivity contribution is -0.0784. The normalized spacial score (nSPS) is 35.0. The van der Waals surface area contributed by atoms with Crippen molar-refractivity contribution < 1.29 is 9.47 Å².